The number of nitrogens with one attached hydrogen (secondary N) is 1. The molecule has 0 unspecified atom stereocenters. The predicted molar refractivity (Wildman–Crippen MR) is 68.3 cm³/mol. The van der Waals surface area contributed by atoms with Crippen molar-refractivity contribution in [3.05, 3.63) is 58.6 Å². The molecule has 1 aromatic heterocycles. The number of anilines is 1. The second-order valence-electron chi connectivity index (χ2n) is 3.63. The average Bonchev–Trinajstić information content (AvgIpc) is 2.39. The molecule has 19 heavy (non-hydrogen) atoms. The second-order valence-corrected chi connectivity index (χ2v) is 4.03. The molecule has 1 heterocycles. The van der Waals surface area contributed by atoms with Crippen LogP contribution in [-0.4, -0.2) is 10.9 Å². The molecular weight excluding hydrogens is 269 g/mol. The smallest absolute Gasteiger partial charge is 0.255 e. The Morgan fingerprint density at radius 1 is 1.37 bits per heavy atom. The highest BCUT2D eigenvalue weighted by molar-refractivity contribution is 6.32. The van der Waals surface area contributed by atoms with E-state index in [0.717, 1.165) is 6.07 Å². The molecule has 2 rings (SSSR count). The van der Waals surface area contributed by atoms with Gasteiger partial charge in [-0.2, -0.15) is 9.65 Å². The third kappa shape index (κ3) is 3.06. The molecule has 0 aliphatic rings. The normalized spacial score (nSPS) is 9.74. The van der Waals surface area contributed by atoms with Gasteiger partial charge in [0.25, 0.3) is 5.91 Å². The maximum atomic E-state index is 12.9. The number of nitriles is 1. The summed E-state index contributed by atoms with van der Waals surface area (Å²) in [6.45, 7) is 0. The predicted octanol–water partition coefficient (Wildman–Crippen LogP) is 3.00. The van der Waals surface area contributed by atoms with Gasteiger partial charge >= 0.3 is 0 Å². The number of hydrogen-bond donors (Lipinski definition) is 1. The highest BCUT2D eigenvalue weighted by Gasteiger charge is 2.08. The fraction of sp³-hybridized carbons (Fsp3) is 0. The van der Waals surface area contributed by atoms with E-state index in [2.05, 4.69) is 10.3 Å². The molecule has 1 aromatic carbocycles. The first-order chi connectivity index (χ1) is 9.10. The van der Waals surface area contributed by atoms with Crippen LogP contribution in [0.1, 0.15) is 15.9 Å². The lowest BCUT2D eigenvalue weighted by Gasteiger charge is -2.06. The first kappa shape index (κ1) is 13.0. The number of nitrogens with zero attached hydrogens (tertiary/aromatic N) is 2. The molecule has 0 spiro atoms. The van der Waals surface area contributed by atoms with Crippen LogP contribution in [0.4, 0.5) is 10.1 Å². The van der Waals surface area contributed by atoms with E-state index in [1.165, 1.54) is 24.4 Å². The molecule has 6 heteroatoms. The van der Waals surface area contributed by atoms with Gasteiger partial charge in [0.05, 0.1) is 10.6 Å². The summed E-state index contributed by atoms with van der Waals surface area (Å²) in [4.78, 5) is 15.2. The molecule has 4 nitrogen and oxygen atoms in total. The van der Waals surface area contributed by atoms with Crippen molar-refractivity contribution in [3.8, 4) is 6.07 Å². The Morgan fingerprint density at radius 3 is 2.79 bits per heavy atom. The summed E-state index contributed by atoms with van der Waals surface area (Å²) in [7, 11) is 0. The van der Waals surface area contributed by atoms with Gasteiger partial charge in [-0.25, -0.2) is 4.98 Å². The quantitative estimate of drug-likeness (QED) is 0.857. The van der Waals surface area contributed by atoms with Gasteiger partial charge in [-0.3, -0.25) is 4.79 Å². The molecule has 0 bridgehead atoms. The summed E-state index contributed by atoms with van der Waals surface area (Å²) < 4.78 is 12.9. The molecule has 2 aromatic rings. The van der Waals surface area contributed by atoms with Crippen molar-refractivity contribution >= 4 is 23.2 Å². The molecule has 0 aliphatic carbocycles. The Hall–Kier alpha value is -2.45. The van der Waals surface area contributed by atoms with Crippen molar-refractivity contribution in [1.82, 2.24) is 4.98 Å². The second kappa shape index (κ2) is 5.46. The van der Waals surface area contributed by atoms with Crippen molar-refractivity contribution in [2.45, 2.75) is 0 Å². The summed E-state index contributed by atoms with van der Waals surface area (Å²) in [5.41, 5.74) is 0.883. The zero-order chi connectivity index (χ0) is 13.8. The van der Waals surface area contributed by atoms with Crippen LogP contribution in [0.3, 0.4) is 0 Å². The van der Waals surface area contributed by atoms with Gasteiger partial charge in [-0.05, 0) is 24.3 Å². The summed E-state index contributed by atoms with van der Waals surface area (Å²) in [6, 6.07) is 8.82. The van der Waals surface area contributed by atoms with Crippen molar-refractivity contribution in [2.24, 2.45) is 0 Å². The Kier molecular flexibility index (Phi) is 3.74. The number of halogens is 2. The van der Waals surface area contributed by atoms with E-state index in [4.69, 9.17) is 16.9 Å². The number of pyridine rings is 1. The van der Waals surface area contributed by atoms with E-state index in [1.807, 2.05) is 6.07 Å². The lowest BCUT2D eigenvalue weighted by molar-refractivity contribution is 0.102. The zero-order valence-corrected chi connectivity index (χ0v) is 10.3. The molecule has 0 atom stereocenters. The largest absolute Gasteiger partial charge is 0.322 e. The number of amides is 1. The Balaban J connectivity index is 2.20. The molecule has 1 amide bonds. The van der Waals surface area contributed by atoms with Crippen molar-refractivity contribution < 1.29 is 9.18 Å². The van der Waals surface area contributed by atoms with Crippen LogP contribution < -0.4 is 5.32 Å². The molecular formula is C13H7ClFN3O. The Morgan fingerprint density at radius 2 is 2.16 bits per heavy atom. The molecule has 0 saturated carbocycles. The highest BCUT2D eigenvalue weighted by atomic mass is 35.5. The van der Waals surface area contributed by atoms with E-state index < -0.39 is 11.9 Å². The first-order valence-corrected chi connectivity index (χ1v) is 5.60. The lowest BCUT2D eigenvalue weighted by Crippen LogP contribution is -2.12. The maximum Gasteiger partial charge on any atom is 0.255 e. The van der Waals surface area contributed by atoms with Crippen LogP contribution in [0.25, 0.3) is 0 Å². The van der Waals surface area contributed by atoms with Gasteiger partial charge in [-0.15, -0.1) is 0 Å². The van der Waals surface area contributed by atoms with Gasteiger partial charge in [0.2, 0.25) is 5.95 Å². The standard InChI is InChI=1S/C13H7ClFN3O/c14-11-6-10(2-1-9(11)7-16)18-13(19)8-3-4-17-12(15)5-8/h1-6H,(H,18,19). The minimum Gasteiger partial charge on any atom is -0.322 e. The highest BCUT2D eigenvalue weighted by Crippen LogP contribution is 2.20. The number of carbonyl (C=O) groups is 1. The monoisotopic (exact) mass is 275 g/mol. The van der Waals surface area contributed by atoms with Crippen LogP contribution in [0.15, 0.2) is 36.5 Å². The number of hydrogen-bond acceptors (Lipinski definition) is 3. The van der Waals surface area contributed by atoms with Gasteiger partial charge in [0, 0.05) is 23.5 Å². The van der Waals surface area contributed by atoms with E-state index in [1.54, 1.807) is 6.07 Å². The molecule has 0 fully saturated rings. The number of carbonyl (C=O) groups excluding carboxylic acids is 1. The fourth-order valence-corrected chi connectivity index (χ4v) is 1.65. The maximum absolute atomic E-state index is 12.9. The van der Waals surface area contributed by atoms with Gasteiger partial charge < -0.3 is 5.32 Å². The molecule has 94 valence electrons. The van der Waals surface area contributed by atoms with E-state index in [-0.39, 0.29) is 10.6 Å². The summed E-state index contributed by atoms with van der Waals surface area (Å²) in [6.07, 6.45) is 1.20. The van der Waals surface area contributed by atoms with Crippen molar-refractivity contribution in [3.63, 3.8) is 0 Å². The van der Waals surface area contributed by atoms with Gasteiger partial charge in [0.15, 0.2) is 0 Å². The van der Waals surface area contributed by atoms with E-state index >= 15 is 0 Å². The summed E-state index contributed by atoms with van der Waals surface area (Å²) in [5, 5.41) is 11.5. The number of rotatable bonds is 2. The fourth-order valence-electron chi connectivity index (χ4n) is 1.43. The molecule has 1 N–H and O–H groups in total. The van der Waals surface area contributed by atoms with Crippen molar-refractivity contribution in [2.75, 3.05) is 5.32 Å². The van der Waals surface area contributed by atoms with Crippen LogP contribution in [0.2, 0.25) is 5.02 Å². The van der Waals surface area contributed by atoms with Crippen molar-refractivity contribution in [1.29, 1.82) is 5.26 Å². The third-order valence-corrected chi connectivity index (χ3v) is 2.65. The summed E-state index contributed by atoms with van der Waals surface area (Å²) in [5.74, 6) is -1.22. The lowest BCUT2D eigenvalue weighted by atomic mass is 10.2. The first-order valence-electron chi connectivity index (χ1n) is 5.22. The topological polar surface area (TPSA) is 65.8 Å². The molecule has 0 radical (unpaired) electrons. The zero-order valence-electron chi connectivity index (χ0n) is 9.52. The molecule has 0 saturated heterocycles. The molecule has 0 aliphatic heterocycles. The van der Waals surface area contributed by atoms with E-state index in [9.17, 15) is 9.18 Å². The van der Waals surface area contributed by atoms with Gasteiger partial charge in [-0.1, -0.05) is 11.6 Å². The number of aromatic nitrogens is 1. The van der Waals surface area contributed by atoms with Crippen LogP contribution >= 0.6 is 11.6 Å². The SMILES string of the molecule is N#Cc1ccc(NC(=O)c2ccnc(F)c2)cc1Cl. The number of benzene rings is 1. The van der Waals surface area contributed by atoms with E-state index in [0.29, 0.717) is 11.3 Å². The summed E-state index contributed by atoms with van der Waals surface area (Å²) >= 11 is 5.84. The van der Waals surface area contributed by atoms with Crippen LogP contribution in [-0.2, 0) is 0 Å². The minimum absolute atomic E-state index is 0.146. The van der Waals surface area contributed by atoms with Gasteiger partial charge in [0.1, 0.15) is 6.07 Å². The van der Waals surface area contributed by atoms with Crippen LogP contribution in [0, 0.1) is 17.3 Å². The third-order valence-electron chi connectivity index (χ3n) is 2.34. The Bertz CT molecular complexity index is 682. The van der Waals surface area contributed by atoms with Crippen LogP contribution in [0.5, 0.6) is 0 Å². The average molecular weight is 276 g/mol. The Labute approximate surface area is 113 Å². The minimum atomic E-state index is -0.731.